The topological polar surface area (TPSA) is 135 Å². The number of fused-ring (bicyclic) bond motifs is 6. The van der Waals surface area contributed by atoms with Crippen molar-refractivity contribution in [2.24, 2.45) is 0 Å². The van der Waals surface area contributed by atoms with Gasteiger partial charge in [-0.1, -0.05) is 36.4 Å². The average Bonchev–Trinajstić information content (AvgIpc) is 3.16. The van der Waals surface area contributed by atoms with E-state index in [0.29, 0.717) is 33.8 Å². The number of esters is 1. The Kier molecular flexibility index (Phi) is 5.06. The van der Waals surface area contributed by atoms with Crippen molar-refractivity contribution in [2.45, 2.75) is 36.3 Å². The van der Waals surface area contributed by atoms with E-state index in [4.69, 9.17) is 18.9 Å². The number of para-hydroxylation sites is 2. The van der Waals surface area contributed by atoms with Crippen LogP contribution in [0.4, 0.5) is 0 Å². The number of hydrogen-bond acceptors (Lipinski definition) is 9. The lowest BCUT2D eigenvalue weighted by Gasteiger charge is -2.39. The molecule has 3 aliphatic rings. The minimum atomic E-state index is -1.58. The third-order valence-corrected chi connectivity index (χ3v) is 6.69. The molecule has 3 heterocycles. The molecule has 1 fully saturated rings. The Labute approximate surface area is 199 Å². The smallest absolute Gasteiger partial charge is 0.340 e. The van der Waals surface area contributed by atoms with Gasteiger partial charge in [0.25, 0.3) is 0 Å². The van der Waals surface area contributed by atoms with E-state index in [1.165, 1.54) is 6.07 Å². The van der Waals surface area contributed by atoms with Gasteiger partial charge in [0, 0.05) is 16.7 Å². The van der Waals surface area contributed by atoms with Crippen molar-refractivity contribution in [3.63, 3.8) is 0 Å². The fraction of sp³-hybridized carbons (Fsp3) is 0.269. The second-order valence-electron chi connectivity index (χ2n) is 8.69. The molecule has 0 aromatic heterocycles. The monoisotopic (exact) mass is 478 g/mol. The van der Waals surface area contributed by atoms with Crippen molar-refractivity contribution >= 4 is 5.97 Å². The Balaban J connectivity index is 1.46. The SMILES string of the molecule is O=C1OC2(c3ccccc3Oc3ccccc32)c2cc(OC3O[C@H](CO)[C@H](O)[C@H](O)[C@H]3O)ccc21. The van der Waals surface area contributed by atoms with Crippen molar-refractivity contribution in [1.82, 2.24) is 0 Å². The Morgan fingerprint density at radius 2 is 1.49 bits per heavy atom. The number of carbonyl (C=O) groups excluding carboxylic acids is 1. The maximum atomic E-state index is 13.0. The predicted octanol–water partition coefficient (Wildman–Crippen LogP) is 1.43. The molecule has 3 aromatic rings. The highest BCUT2D eigenvalue weighted by molar-refractivity contribution is 5.97. The predicted molar refractivity (Wildman–Crippen MR) is 119 cm³/mol. The largest absolute Gasteiger partial charge is 0.462 e. The summed E-state index contributed by atoms with van der Waals surface area (Å²) >= 11 is 0. The summed E-state index contributed by atoms with van der Waals surface area (Å²) in [6.07, 6.45) is -7.13. The van der Waals surface area contributed by atoms with Gasteiger partial charge in [-0.25, -0.2) is 4.79 Å². The van der Waals surface area contributed by atoms with E-state index in [9.17, 15) is 25.2 Å². The fourth-order valence-corrected chi connectivity index (χ4v) is 4.97. The van der Waals surface area contributed by atoms with Gasteiger partial charge in [-0.3, -0.25) is 0 Å². The minimum Gasteiger partial charge on any atom is -0.462 e. The third kappa shape index (κ3) is 3.17. The molecule has 9 heteroatoms. The second-order valence-corrected chi connectivity index (χ2v) is 8.69. The summed E-state index contributed by atoms with van der Waals surface area (Å²) in [5.41, 5.74) is 0.879. The van der Waals surface area contributed by atoms with E-state index in [0.717, 1.165) is 0 Å². The van der Waals surface area contributed by atoms with Crippen molar-refractivity contribution in [2.75, 3.05) is 6.61 Å². The maximum Gasteiger partial charge on any atom is 0.340 e. The van der Waals surface area contributed by atoms with E-state index in [1.54, 1.807) is 24.3 Å². The Hall–Kier alpha value is -3.47. The van der Waals surface area contributed by atoms with Gasteiger partial charge in [-0.2, -0.15) is 0 Å². The van der Waals surface area contributed by atoms with E-state index in [1.807, 2.05) is 36.4 Å². The average molecular weight is 478 g/mol. The molecular weight excluding hydrogens is 456 g/mol. The summed E-state index contributed by atoms with van der Waals surface area (Å²) in [6.45, 7) is -0.575. The summed E-state index contributed by atoms with van der Waals surface area (Å²) in [5.74, 6) is 0.817. The van der Waals surface area contributed by atoms with Crippen LogP contribution in [0.2, 0.25) is 0 Å². The van der Waals surface area contributed by atoms with Gasteiger partial charge >= 0.3 is 5.97 Å². The summed E-state index contributed by atoms with van der Waals surface area (Å²) in [7, 11) is 0. The van der Waals surface area contributed by atoms with Gasteiger partial charge in [0.1, 0.15) is 41.7 Å². The zero-order chi connectivity index (χ0) is 24.3. The van der Waals surface area contributed by atoms with Crippen molar-refractivity contribution < 1.29 is 44.2 Å². The Morgan fingerprint density at radius 1 is 0.829 bits per heavy atom. The van der Waals surface area contributed by atoms with Crippen molar-refractivity contribution in [1.29, 1.82) is 0 Å². The van der Waals surface area contributed by atoms with Gasteiger partial charge in [-0.05, 0) is 30.3 Å². The van der Waals surface area contributed by atoms with Crippen LogP contribution in [0.3, 0.4) is 0 Å². The molecule has 0 aliphatic carbocycles. The van der Waals surface area contributed by atoms with Crippen LogP contribution in [0.1, 0.15) is 27.0 Å². The van der Waals surface area contributed by atoms with E-state index >= 15 is 0 Å². The molecule has 4 N–H and O–H groups in total. The normalized spacial score (nSPS) is 27.9. The molecule has 0 radical (unpaired) electrons. The molecule has 0 amide bonds. The highest BCUT2D eigenvalue weighted by Gasteiger charge is 2.54. The first-order valence-electron chi connectivity index (χ1n) is 11.2. The first-order chi connectivity index (χ1) is 16.9. The van der Waals surface area contributed by atoms with Gasteiger partial charge in [0.2, 0.25) is 6.29 Å². The zero-order valence-electron chi connectivity index (χ0n) is 18.3. The molecule has 3 aliphatic heterocycles. The van der Waals surface area contributed by atoms with Gasteiger partial charge in [-0.15, -0.1) is 0 Å². The van der Waals surface area contributed by atoms with Crippen LogP contribution in [0.15, 0.2) is 66.7 Å². The summed E-state index contributed by atoms with van der Waals surface area (Å²) in [5, 5.41) is 40.0. The van der Waals surface area contributed by atoms with Gasteiger partial charge < -0.3 is 39.4 Å². The second kappa shape index (κ2) is 8.04. The molecule has 3 aromatic carbocycles. The van der Waals surface area contributed by atoms with E-state index < -0.39 is 48.9 Å². The molecule has 1 spiro atoms. The van der Waals surface area contributed by atoms with Gasteiger partial charge in [0.15, 0.2) is 5.60 Å². The molecule has 5 atom stereocenters. The molecule has 1 unspecified atom stereocenters. The fourth-order valence-electron chi connectivity index (χ4n) is 4.97. The highest BCUT2D eigenvalue weighted by Crippen LogP contribution is 2.56. The van der Waals surface area contributed by atoms with E-state index in [2.05, 4.69) is 0 Å². The highest BCUT2D eigenvalue weighted by atomic mass is 16.7. The lowest BCUT2D eigenvalue weighted by atomic mass is 9.77. The first kappa shape index (κ1) is 22.0. The molecule has 9 nitrogen and oxygen atoms in total. The van der Waals surface area contributed by atoms with Gasteiger partial charge in [0.05, 0.1) is 12.2 Å². The number of hydrogen-bond donors (Lipinski definition) is 4. The molecule has 180 valence electrons. The van der Waals surface area contributed by atoms with Crippen LogP contribution in [0.5, 0.6) is 17.2 Å². The minimum absolute atomic E-state index is 0.229. The van der Waals surface area contributed by atoms with Crippen molar-refractivity contribution in [3.8, 4) is 17.2 Å². The summed E-state index contributed by atoms with van der Waals surface area (Å²) < 4.78 is 23.5. The standard InChI is InChI=1S/C26H22O9/c27-12-20-21(28)22(29)23(30)25(34-20)32-13-9-10-14-17(11-13)26(35-24(14)31)15-5-1-3-7-18(15)33-19-8-4-2-6-16(19)26/h1-11,20-23,25,27-30H,12H2/t20-,21+,22+,23-,25?/m1/s1. The number of aliphatic hydroxyl groups is 4. The third-order valence-electron chi connectivity index (χ3n) is 6.69. The lowest BCUT2D eigenvalue weighted by molar-refractivity contribution is -0.277. The number of ether oxygens (including phenoxy) is 4. The Bertz CT molecular complexity index is 1260. The van der Waals surface area contributed by atoms with Crippen LogP contribution >= 0.6 is 0 Å². The lowest BCUT2D eigenvalue weighted by Crippen LogP contribution is -2.60. The van der Waals surface area contributed by atoms with Crippen molar-refractivity contribution in [3.05, 3.63) is 89.0 Å². The number of carbonyl (C=O) groups is 1. The van der Waals surface area contributed by atoms with Crippen LogP contribution in [-0.2, 0) is 15.1 Å². The van der Waals surface area contributed by atoms with E-state index in [-0.39, 0.29) is 5.75 Å². The zero-order valence-corrected chi connectivity index (χ0v) is 18.3. The molecular formula is C26H22O9. The van der Waals surface area contributed by atoms with Crippen LogP contribution in [0.25, 0.3) is 0 Å². The molecule has 1 saturated heterocycles. The maximum absolute atomic E-state index is 13.0. The summed E-state index contributed by atoms with van der Waals surface area (Å²) in [6, 6.07) is 19.3. The molecule has 0 bridgehead atoms. The summed E-state index contributed by atoms with van der Waals surface area (Å²) in [4.78, 5) is 13.0. The van der Waals surface area contributed by atoms with Crippen LogP contribution < -0.4 is 9.47 Å². The Morgan fingerprint density at radius 3 is 2.14 bits per heavy atom. The number of aliphatic hydroxyl groups excluding tert-OH is 4. The number of rotatable bonds is 3. The molecule has 35 heavy (non-hydrogen) atoms. The van der Waals surface area contributed by atoms with Crippen LogP contribution in [-0.4, -0.2) is 63.7 Å². The molecule has 0 saturated carbocycles. The molecule has 6 rings (SSSR count). The quantitative estimate of drug-likeness (QED) is 0.413. The van der Waals surface area contributed by atoms with Crippen LogP contribution in [0, 0.1) is 0 Å². The number of benzene rings is 3. The first-order valence-corrected chi connectivity index (χ1v) is 11.2.